The van der Waals surface area contributed by atoms with E-state index in [0.29, 0.717) is 18.1 Å². The minimum absolute atomic E-state index is 0.0579. The van der Waals surface area contributed by atoms with Gasteiger partial charge in [0.2, 0.25) is 5.91 Å². The lowest BCUT2D eigenvalue weighted by Gasteiger charge is -2.41. The molecule has 6 heteroatoms. The highest BCUT2D eigenvalue weighted by molar-refractivity contribution is 5.94. The van der Waals surface area contributed by atoms with E-state index in [1.54, 1.807) is 7.11 Å². The molecule has 1 aliphatic carbocycles. The number of nitrogens with one attached hydrogen (secondary N) is 2. The van der Waals surface area contributed by atoms with Gasteiger partial charge in [-0.3, -0.25) is 9.59 Å². The maximum Gasteiger partial charge on any atom is 0.251 e. The van der Waals surface area contributed by atoms with Crippen molar-refractivity contribution in [2.24, 2.45) is 11.8 Å². The molecule has 5 rings (SSSR count). The van der Waals surface area contributed by atoms with Crippen molar-refractivity contribution >= 4 is 17.5 Å². The average Bonchev–Trinajstić information content (AvgIpc) is 3.31. The first-order valence-corrected chi connectivity index (χ1v) is 12.2. The SMILES string of the molecule is COC[C@@H]1Nc2ccccc2[C@H]2[C@H]1CCN2C(=O)C1CCCC[C@H]1NC(=O)c1ccccc1. The monoisotopic (exact) mass is 447 g/mol. The number of rotatable bonds is 5. The number of carbonyl (C=O) groups excluding carboxylic acids is 2. The zero-order valence-corrected chi connectivity index (χ0v) is 19.2. The third kappa shape index (κ3) is 4.24. The number of amides is 2. The molecule has 5 atom stereocenters. The van der Waals surface area contributed by atoms with Gasteiger partial charge in [-0.1, -0.05) is 49.2 Å². The quantitative estimate of drug-likeness (QED) is 0.727. The average molecular weight is 448 g/mol. The number of methoxy groups -OCH3 is 1. The second-order valence-electron chi connectivity index (χ2n) is 9.56. The lowest BCUT2D eigenvalue weighted by Crippen LogP contribution is -2.50. The summed E-state index contributed by atoms with van der Waals surface area (Å²) in [6.45, 7) is 1.37. The van der Waals surface area contributed by atoms with Crippen LogP contribution in [0.2, 0.25) is 0 Å². The molecule has 2 fully saturated rings. The predicted molar refractivity (Wildman–Crippen MR) is 128 cm³/mol. The van der Waals surface area contributed by atoms with Gasteiger partial charge in [-0.2, -0.15) is 0 Å². The molecule has 2 aromatic rings. The van der Waals surface area contributed by atoms with Crippen molar-refractivity contribution < 1.29 is 14.3 Å². The predicted octanol–water partition coefficient (Wildman–Crippen LogP) is 4.01. The van der Waals surface area contributed by atoms with Crippen molar-refractivity contribution in [3.8, 4) is 0 Å². The van der Waals surface area contributed by atoms with E-state index in [-0.39, 0.29) is 35.9 Å². The molecule has 2 heterocycles. The van der Waals surface area contributed by atoms with E-state index in [9.17, 15) is 9.59 Å². The molecular formula is C27H33N3O3. The molecule has 6 nitrogen and oxygen atoms in total. The highest BCUT2D eigenvalue weighted by atomic mass is 16.5. The van der Waals surface area contributed by atoms with E-state index in [1.165, 1.54) is 5.56 Å². The summed E-state index contributed by atoms with van der Waals surface area (Å²) in [4.78, 5) is 28.9. The summed E-state index contributed by atoms with van der Waals surface area (Å²) in [5, 5.41) is 6.83. The Morgan fingerprint density at radius 2 is 1.79 bits per heavy atom. The van der Waals surface area contributed by atoms with Gasteiger partial charge < -0.3 is 20.3 Å². The number of fused-ring (bicyclic) bond motifs is 3. The number of benzene rings is 2. The highest BCUT2D eigenvalue weighted by Crippen LogP contribution is 2.47. The Morgan fingerprint density at radius 3 is 2.61 bits per heavy atom. The molecule has 0 aromatic heterocycles. The Labute approximate surface area is 195 Å². The minimum atomic E-state index is -0.173. The van der Waals surface area contributed by atoms with Gasteiger partial charge in [-0.05, 0) is 43.0 Å². The minimum Gasteiger partial charge on any atom is -0.383 e. The van der Waals surface area contributed by atoms with Crippen molar-refractivity contribution in [1.29, 1.82) is 0 Å². The van der Waals surface area contributed by atoms with Crippen molar-refractivity contribution in [1.82, 2.24) is 10.2 Å². The molecule has 1 saturated carbocycles. The molecule has 174 valence electrons. The summed E-state index contributed by atoms with van der Waals surface area (Å²) in [6, 6.07) is 17.7. The van der Waals surface area contributed by atoms with Gasteiger partial charge >= 0.3 is 0 Å². The Hall–Kier alpha value is -2.86. The molecule has 1 unspecified atom stereocenters. The van der Waals surface area contributed by atoms with Crippen LogP contribution < -0.4 is 10.6 Å². The van der Waals surface area contributed by atoms with E-state index in [4.69, 9.17) is 4.74 Å². The maximum absolute atomic E-state index is 14.0. The summed E-state index contributed by atoms with van der Waals surface area (Å²) in [5.74, 6) is 0.248. The Balaban J connectivity index is 1.38. The molecule has 2 N–H and O–H groups in total. The number of hydrogen-bond acceptors (Lipinski definition) is 4. The number of likely N-dealkylation sites (tertiary alicyclic amines) is 1. The van der Waals surface area contributed by atoms with Crippen LogP contribution in [0.3, 0.4) is 0 Å². The zero-order valence-electron chi connectivity index (χ0n) is 19.2. The summed E-state index contributed by atoms with van der Waals surface area (Å²) in [6.07, 6.45) is 4.70. The standard InChI is InChI=1S/C27H33N3O3/c1-33-17-24-20-15-16-30(25(20)19-11-5-7-13-22(19)28-24)27(32)21-12-6-8-14-23(21)29-26(31)18-9-3-2-4-10-18/h2-5,7,9-11,13,20-21,23-25,28H,6,8,12,14-17H2,1H3,(H,29,31)/t20-,21?,23+,24-,25-/m0/s1. The Bertz CT molecular complexity index is 995. The molecule has 2 amide bonds. The largest absolute Gasteiger partial charge is 0.383 e. The van der Waals surface area contributed by atoms with Gasteiger partial charge in [-0.15, -0.1) is 0 Å². The maximum atomic E-state index is 14.0. The smallest absolute Gasteiger partial charge is 0.251 e. The third-order valence-electron chi connectivity index (χ3n) is 7.65. The van der Waals surface area contributed by atoms with Gasteiger partial charge in [0.05, 0.1) is 24.6 Å². The fourth-order valence-electron chi connectivity index (χ4n) is 6.07. The van der Waals surface area contributed by atoms with E-state index >= 15 is 0 Å². The Kier molecular flexibility index (Phi) is 6.36. The topological polar surface area (TPSA) is 70.7 Å². The molecular weight excluding hydrogens is 414 g/mol. The summed E-state index contributed by atoms with van der Waals surface area (Å²) < 4.78 is 5.51. The summed E-state index contributed by atoms with van der Waals surface area (Å²) in [5.41, 5.74) is 2.93. The molecule has 2 aliphatic heterocycles. The van der Waals surface area contributed by atoms with Gasteiger partial charge in [0, 0.05) is 36.9 Å². The van der Waals surface area contributed by atoms with Crippen molar-refractivity contribution in [2.45, 2.75) is 50.2 Å². The fraction of sp³-hybridized carbons (Fsp3) is 0.481. The van der Waals surface area contributed by atoms with Gasteiger partial charge in [0.15, 0.2) is 0 Å². The van der Waals surface area contributed by atoms with Crippen LogP contribution in [-0.2, 0) is 9.53 Å². The highest BCUT2D eigenvalue weighted by Gasteiger charge is 2.48. The van der Waals surface area contributed by atoms with Crippen molar-refractivity contribution in [3.63, 3.8) is 0 Å². The number of anilines is 1. The van der Waals surface area contributed by atoms with E-state index in [1.807, 2.05) is 36.4 Å². The molecule has 1 saturated heterocycles. The molecule has 33 heavy (non-hydrogen) atoms. The molecule has 2 aromatic carbocycles. The molecule has 0 bridgehead atoms. The number of hydrogen-bond donors (Lipinski definition) is 2. The normalized spacial score (nSPS) is 28.4. The first-order chi connectivity index (χ1) is 16.2. The van der Waals surface area contributed by atoms with E-state index in [0.717, 1.165) is 44.3 Å². The van der Waals surface area contributed by atoms with Crippen LogP contribution in [0, 0.1) is 11.8 Å². The zero-order chi connectivity index (χ0) is 22.8. The van der Waals surface area contributed by atoms with Crippen LogP contribution in [-0.4, -0.2) is 49.1 Å². The third-order valence-corrected chi connectivity index (χ3v) is 7.65. The van der Waals surface area contributed by atoms with E-state index < -0.39 is 0 Å². The number of para-hydroxylation sites is 1. The lowest BCUT2D eigenvalue weighted by atomic mass is 9.81. The molecule has 0 spiro atoms. The van der Waals surface area contributed by atoms with Crippen LogP contribution in [0.1, 0.15) is 54.1 Å². The van der Waals surface area contributed by atoms with Gasteiger partial charge in [0.1, 0.15) is 0 Å². The van der Waals surface area contributed by atoms with Crippen molar-refractivity contribution in [2.75, 3.05) is 25.6 Å². The molecule has 3 aliphatic rings. The summed E-state index contributed by atoms with van der Waals surface area (Å²) >= 11 is 0. The second-order valence-corrected chi connectivity index (χ2v) is 9.56. The number of ether oxygens (including phenoxy) is 1. The Morgan fingerprint density at radius 1 is 1.03 bits per heavy atom. The lowest BCUT2D eigenvalue weighted by molar-refractivity contribution is -0.139. The fourth-order valence-corrected chi connectivity index (χ4v) is 6.07. The van der Waals surface area contributed by atoms with E-state index in [2.05, 4.69) is 33.7 Å². The van der Waals surface area contributed by atoms with Gasteiger partial charge in [0.25, 0.3) is 5.91 Å². The summed E-state index contributed by atoms with van der Waals surface area (Å²) in [7, 11) is 1.73. The van der Waals surface area contributed by atoms with Gasteiger partial charge in [-0.25, -0.2) is 0 Å². The molecule has 0 radical (unpaired) electrons. The second kappa shape index (κ2) is 9.56. The number of carbonyl (C=O) groups is 2. The van der Waals surface area contributed by atoms with Crippen molar-refractivity contribution in [3.05, 3.63) is 65.7 Å². The first kappa shape index (κ1) is 22.0. The van der Waals surface area contributed by atoms with Crippen LogP contribution in [0.15, 0.2) is 54.6 Å². The number of nitrogens with zero attached hydrogens (tertiary/aromatic N) is 1. The van der Waals surface area contributed by atoms with Crippen LogP contribution in [0.5, 0.6) is 0 Å². The van der Waals surface area contributed by atoms with Crippen LogP contribution in [0.4, 0.5) is 5.69 Å². The first-order valence-electron chi connectivity index (χ1n) is 12.2. The van der Waals surface area contributed by atoms with Crippen LogP contribution in [0.25, 0.3) is 0 Å². The van der Waals surface area contributed by atoms with Crippen LogP contribution >= 0.6 is 0 Å².